The van der Waals surface area contributed by atoms with E-state index in [1.807, 2.05) is 56.4 Å². The summed E-state index contributed by atoms with van der Waals surface area (Å²) in [5.74, 6) is 2.59. The Bertz CT molecular complexity index is 741. The minimum absolute atomic E-state index is 0.683. The Hall–Kier alpha value is -2.63. The lowest BCUT2D eigenvalue weighted by Gasteiger charge is -2.18. The molecule has 0 saturated carbocycles. The molecule has 0 saturated heterocycles. The van der Waals surface area contributed by atoms with Gasteiger partial charge in [-0.2, -0.15) is 4.52 Å². The lowest BCUT2D eigenvalue weighted by atomic mass is 10.3. The standard InChI is InChI=1S/C16H19N5O/c1-13-17-18-15-9-10-16(19-21(13)15)20(2)11-6-12-22-14-7-4-3-5-8-14/h3-5,7-10H,6,11-12H2,1-2H3. The first kappa shape index (κ1) is 14.3. The molecule has 0 bridgehead atoms. The van der Waals surface area contributed by atoms with Gasteiger partial charge in [-0.25, -0.2) is 0 Å². The maximum Gasteiger partial charge on any atom is 0.178 e. The Labute approximate surface area is 129 Å². The second-order valence-electron chi connectivity index (χ2n) is 5.15. The molecule has 0 aliphatic heterocycles. The van der Waals surface area contributed by atoms with Gasteiger partial charge < -0.3 is 9.64 Å². The van der Waals surface area contributed by atoms with Crippen LogP contribution >= 0.6 is 0 Å². The Morgan fingerprint density at radius 3 is 2.73 bits per heavy atom. The minimum Gasteiger partial charge on any atom is -0.494 e. The van der Waals surface area contributed by atoms with Gasteiger partial charge in [-0.1, -0.05) is 18.2 Å². The van der Waals surface area contributed by atoms with Crippen molar-refractivity contribution in [2.45, 2.75) is 13.3 Å². The van der Waals surface area contributed by atoms with Crippen molar-refractivity contribution < 1.29 is 4.74 Å². The number of nitrogens with zero attached hydrogens (tertiary/aromatic N) is 5. The third kappa shape index (κ3) is 3.16. The largest absolute Gasteiger partial charge is 0.494 e. The number of rotatable bonds is 6. The first-order valence-electron chi connectivity index (χ1n) is 7.32. The quantitative estimate of drug-likeness (QED) is 0.654. The number of anilines is 1. The van der Waals surface area contributed by atoms with Crippen molar-refractivity contribution in [2.24, 2.45) is 0 Å². The summed E-state index contributed by atoms with van der Waals surface area (Å²) in [7, 11) is 2.02. The van der Waals surface area contributed by atoms with Crippen LogP contribution in [0.1, 0.15) is 12.2 Å². The summed E-state index contributed by atoms with van der Waals surface area (Å²) in [4.78, 5) is 2.10. The Kier molecular flexibility index (Phi) is 4.18. The van der Waals surface area contributed by atoms with E-state index in [9.17, 15) is 0 Å². The number of benzene rings is 1. The zero-order valence-corrected chi connectivity index (χ0v) is 12.8. The Balaban J connectivity index is 1.54. The van der Waals surface area contributed by atoms with E-state index in [2.05, 4.69) is 20.2 Å². The zero-order valence-electron chi connectivity index (χ0n) is 12.8. The van der Waals surface area contributed by atoms with E-state index in [4.69, 9.17) is 4.74 Å². The number of hydrogen-bond acceptors (Lipinski definition) is 5. The summed E-state index contributed by atoms with van der Waals surface area (Å²) < 4.78 is 7.45. The van der Waals surface area contributed by atoms with E-state index in [1.165, 1.54) is 0 Å². The van der Waals surface area contributed by atoms with E-state index >= 15 is 0 Å². The van der Waals surface area contributed by atoms with Gasteiger partial charge >= 0.3 is 0 Å². The maximum absolute atomic E-state index is 5.70. The van der Waals surface area contributed by atoms with Crippen molar-refractivity contribution in [1.82, 2.24) is 19.8 Å². The van der Waals surface area contributed by atoms with Crippen LogP contribution in [0.2, 0.25) is 0 Å². The van der Waals surface area contributed by atoms with Gasteiger partial charge in [0.05, 0.1) is 6.61 Å². The topological polar surface area (TPSA) is 55.5 Å². The highest BCUT2D eigenvalue weighted by Gasteiger charge is 2.07. The highest BCUT2D eigenvalue weighted by atomic mass is 16.5. The monoisotopic (exact) mass is 297 g/mol. The lowest BCUT2D eigenvalue weighted by molar-refractivity contribution is 0.312. The summed E-state index contributed by atoms with van der Waals surface area (Å²) in [5.41, 5.74) is 0.766. The molecule has 3 rings (SSSR count). The van der Waals surface area contributed by atoms with Gasteiger partial charge in [0, 0.05) is 13.6 Å². The summed E-state index contributed by atoms with van der Waals surface area (Å²) in [5, 5.41) is 12.6. The van der Waals surface area contributed by atoms with Crippen molar-refractivity contribution in [3.8, 4) is 5.75 Å². The number of fused-ring (bicyclic) bond motifs is 1. The lowest BCUT2D eigenvalue weighted by Crippen LogP contribution is -2.22. The van der Waals surface area contributed by atoms with Crippen molar-refractivity contribution in [2.75, 3.05) is 25.1 Å². The molecular formula is C16H19N5O. The van der Waals surface area contributed by atoms with Crippen LogP contribution in [0.5, 0.6) is 5.75 Å². The molecule has 0 fully saturated rings. The molecule has 2 aromatic heterocycles. The van der Waals surface area contributed by atoms with Gasteiger partial charge in [-0.3, -0.25) is 0 Å². The molecule has 0 aliphatic carbocycles. The van der Waals surface area contributed by atoms with Gasteiger partial charge in [0.1, 0.15) is 11.6 Å². The van der Waals surface area contributed by atoms with Crippen LogP contribution in [0.4, 0.5) is 5.82 Å². The first-order chi connectivity index (χ1) is 10.7. The van der Waals surface area contributed by atoms with Crippen LogP contribution in [0, 0.1) is 6.92 Å². The third-order valence-corrected chi connectivity index (χ3v) is 3.45. The van der Waals surface area contributed by atoms with Crippen molar-refractivity contribution in [3.05, 3.63) is 48.3 Å². The van der Waals surface area contributed by atoms with Gasteiger partial charge in [0.15, 0.2) is 11.5 Å². The maximum atomic E-state index is 5.70. The van der Waals surface area contributed by atoms with Crippen LogP contribution in [0.15, 0.2) is 42.5 Å². The highest BCUT2D eigenvalue weighted by molar-refractivity contribution is 5.45. The summed E-state index contributed by atoms with van der Waals surface area (Å²) >= 11 is 0. The molecule has 22 heavy (non-hydrogen) atoms. The van der Waals surface area contributed by atoms with Crippen molar-refractivity contribution in [1.29, 1.82) is 0 Å². The molecule has 6 nitrogen and oxygen atoms in total. The molecule has 0 N–H and O–H groups in total. The van der Waals surface area contributed by atoms with Crippen LogP contribution in [-0.2, 0) is 0 Å². The highest BCUT2D eigenvalue weighted by Crippen LogP contribution is 2.12. The number of hydrogen-bond donors (Lipinski definition) is 0. The third-order valence-electron chi connectivity index (χ3n) is 3.45. The molecule has 6 heteroatoms. The smallest absolute Gasteiger partial charge is 0.178 e. The van der Waals surface area contributed by atoms with Crippen LogP contribution in [-0.4, -0.2) is 40.0 Å². The first-order valence-corrected chi connectivity index (χ1v) is 7.32. The summed E-state index contributed by atoms with van der Waals surface area (Å²) in [6.45, 7) is 3.44. The molecule has 0 atom stereocenters. The summed E-state index contributed by atoms with van der Waals surface area (Å²) in [6.07, 6.45) is 0.923. The second kappa shape index (κ2) is 6.43. The average molecular weight is 297 g/mol. The van der Waals surface area contributed by atoms with Crippen LogP contribution in [0.25, 0.3) is 5.65 Å². The van der Waals surface area contributed by atoms with E-state index in [0.717, 1.165) is 36.0 Å². The van der Waals surface area contributed by atoms with E-state index in [0.29, 0.717) is 6.61 Å². The fourth-order valence-electron chi connectivity index (χ4n) is 2.21. The fraction of sp³-hybridized carbons (Fsp3) is 0.312. The minimum atomic E-state index is 0.683. The molecule has 114 valence electrons. The molecular weight excluding hydrogens is 278 g/mol. The van der Waals surface area contributed by atoms with Crippen molar-refractivity contribution >= 4 is 11.5 Å². The molecule has 1 aromatic carbocycles. The van der Waals surface area contributed by atoms with E-state index in [1.54, 1.807) is 4.52 Å². The molecule has 0 radical (unpaired) electrons. The predicted molar refractivity (Wildman–Crippen MR) is 85.3 cm³/mol. The molecule has 0 amide bonds. The number of aryl methyl sites for hydroxylation is 1. The van der Waals surface area contributed by atoms with E-state index in [-0.39, 0.29) is 0 Å². The zero-order chi connectivity index (χ0) is 15.4. The van der Waals surface area contributed by atoms with Crippen LogP contribution < -0.4 is 9.64 Å². The van der Waals surface area contributed by atoms with Gasteiger partial charge in [-0.05, 0) is 37.6 Å². The SMILES string of the molecule is Cc1nnc2ccc(N(C)CCCOc3ccccc3)nn12. The summed E-state index contributed by atoms with van der Waals surface area (Å²) in [6, 6.07) is 13.8. The van der Waals surface area contributed by atoms with Gasteiger partial charge in [0.25, 0.3) is 0 Å². The normalized spacial score (nSPS) is 10.8. The van der Waals surface area contributed by atoms with Crippen molar-refractivity contribution in [3.63, 3.8) is 0 Å². The van der Waals surface area contributed by atoms with Gasteiger partial charge in [0.2, 0.25) is 0 Å². The van der Waals surface area contributed by atoms with Gasteiger partial charge in [-0.15, -0.1) is 15.3 Å². The number of para-hydroxylation sites is 1. The number of ether oxygens (including phenoxy) is 1. The Morgan fingerprint density at radius 1 is 1.09 bits per heavy atom. The van der Waals surface area contributed by atoms with Crippen LogP contribution in [0.3, 0.4) is 0 Å². The fourth-order valence-corrected chi connectivity index (χ4v) is 2.21. The molecule has 3 aromatic rings. The molecule has 2 heterocycles. The predicted octanol–water partition coefficient (Wildman–Crippen LogP) is 2.34. The molecule has 0 aliphatic rings. The Morgan fingerprint density at radius 2 is 1.91 bits per heavy atom. The average Bonchev–Trinajstić information content (AvgIpc) is 2.93. The molecule has 0 spiro atoms. The van der Waals surface area contributed by atoms with E-state index < -0.39 is 0 Å². The second-order valence-corrected chi connectivity index (χ2v) is 5.15. The molecule has 0 unspecified atom stereocenters. The number of aromatic nitrogens is 4.